The van der Waals surface area contributed by atoms with Crippen molar-refractivity contribution >= 4 is 5.82 Å². The van der Waals surface area contributed by atoms with Crippen LogP contribution in [0.4, 0.5) is 5.82 Å². The molecule has 1 aliphatic heterocycles. The van der Waals surface area contributed by atoms with E-state index in [1.54, 1.807) is 23.9 Å². The third kappa shape index (κ3) is 2.74. The van der Waals surface area contributed by atoms with Crippen LogP contribution in [0.1, 0.15) is 24.1 Å². The molecule has 2 aromatic rings. The predicted octanol–water partition coefficient (Wildman–Crippen LogP) is 0.352. The summed E-state index contributed by atoms with van der Waals surface area (Å²) < 4.78 is 2.97. The largest absolute Gasteiger partial charge is 0.354 e. The third-order valence-electron chi connectivity index (χ3n) is 4.93. The van der Waals surface area contributed by atoms with Crippen LogP contribution in [0, 0.1) is 5.92 Å². The number of anilines is 1. The first-order valence-corrected chi connectivity index (χ1v) is 8.49. The molecule has 0 saturated carbocycles. The fourth-order valence-corrected chi connectivity index (χ4v) is 3.51. The lowest BCUT2D eigenvalue weighted by Crippen LogP contribution is -2.50. The van der Waals surface area contributed by atoms with Crippen LogP contribution in [0.25, 0.3) is 0 Å². The highest BCUT2D eigenvalue weighted by Crippen LogP contribution is 2.23. The van der Waals surface area contributed by atoms with Crippen molar-refractivity contribution in [1.29, 1.82) is 0 Å². The van der Waals surface area contributed by atoms with Crippen LogP contribution in [0.3, 0.4) is 0 Å². The van der Waals surface area contributed by atoms with Gasteiger partial charge in [-0.2, -0.15) is 10.2 Å². The van der Waals surface area contributed by atoms with Gasteiger partial charge in [-0.05, 0) is 37.3 Å². The Morgan fingerprint density at radius 1 is 1.08 bits per heavy atom. The van der Waals surface area contributed by atoms with E-state index in [9.17, 15) is 9.59 Å². The van der Waals surface area contributed by atoms with Crippen molar-refractivity contribution in [3.63, 3.8) is 0 Å². The lowest BCUT2D eigenvalue weighted by molar-refractivity contribution is 0.328. The number of hydrogen-bond donors (Lipinski definition) is 0. The smallest absolute Gasteiger partial charge is 0.267 e. The van der Waals surface area contributed by atoms with Gasteiger partial charge in [0.15, 0.2) is 0 Å². The topological polar surface area (TPSA) is 73.0 Å². The summed E-state index contributed by atoms with van der Waals surface area (Å²) in [5.41, 5.74) is 2.12. The van der Waals surface area contributed by atoms with Gasteiger partial charge in [-0.1, -0.05) is 0 Å². The summed E-state index contributed by atoms with van der Waals surface area (Å²) in [5, 5.41) is 8.84. The van der Waals surface area contributed by atoms with E-state index < -0.39 is 0 Å². The second kappa shape index (κ2) is 5.89. The molecule has 24 heavy (non-hydrogen) atoms. The molecule has 4 rings (SSSR count). The van der Waals surface area contributed by atoms with Gasteiger partial charge in [0.2, 0.25) is 0 Å². The van der Waals surface area contributed by atoms with Crippen LogP contribution in [0.5, 0.6) is 0 Å². The van der Waals surface area contributed by atoms with Gasteiger partial charge in [0.1, 0.15) is 5.82 Å². The van der Waals surface area contributed by atoms with Gasteiger partial charge in [-0.25, -0.2) is 9.36 Å². The molecule has 7 nitrogen and oxygen atoms in total. The highest BCUT2D eigenvalue weighted by molar-refractivity contribution is 5.39. The Balaban J connectivity index is 1.44. The van der Waals surface area contributed by atoms with Crippen LogP contribution < -0.4 is 16.0 Å². The van der Waals surface area contributed by atoms with Gasteiger partial charge >= 0.3 is 0 Å². The average molecular weight is 327 g/mol. The number of aromatic nitrogens is 4. The summed E-state index contributed by atoms with van der Waals surface area (Å²) in [6, 6.07) is 5.06. The molecule has 0 spiro atoms. The molecule has 2 aromatic heterocycles. The normalized spacial score (nSPS) is 17.5. The molecular weight excluding hydrogens is 306 g/mol. The molecule has 2 aliphatic rings. The lowest BCUT2D eigenvalue weighted by Gasteiger charge is -2.40. The van der Waals surface area contributed by atoms with Gasteiger partial charge in [0.25, 0.3) is 11.1 Å². The van der Waals surface area contributed by atoms with E-state index >= 15 is 0 Å². The molecule has 7 heteroatoms. The maximum Gasteiger partial charge on any atom is 0.267 e. The van der Waals surface area contributed by atoms with Gasteiger partial charge < -0.3 is 4.90 Å². The van der Waals surface area contributed by atoms with Crippen molar-refractivity contribution in [3.8, 4) is 0 Å². The van der Waals surface area contributed by atoms with Crippen LogP contribution in [0.2, 0.25) is 0 Å². The fourth-order valence-electron chi connectivity index (χ4n) is 3.51. The van der Waals surface area contributed by atoms with Gasteiger partial charge in [-0.15, -0.1) is 0 Å². The van der Waals surface area contributed by atoms with Crippen molar-refractivity contribution in [1.82, 2.24) is 19.6 Å². The minimum atomic E-state index is -0.111. The summed E-state index contributed by atoms with van der Waals surface area (Å²) in [6.07, 6.45) is 4.28. The van der Waals surface area contributed by atoms with Gasteiger partial charge in [0.05, 0.1) is 12.2 Å². The molecule has 0 radical (unpaired) electrons. The molecule has 3 heterocycles. The average Bonchev–Trinajstić information content (AvgIpc) is 2.53. The number of aryl methyl sites for hydroxylation is 3. The van der Waals surface area contributed by atoms with E-state index in [0.29, 0.717) is 12.5 Å². The number of nitrogens with zero attached hydrogens (tertiary/aromatic N) is 5. The van der Waals surface area contributed by atoms with Crippen LogP contribution in [-0.2, 0) is 26.4 Å². The minimum Gasteiger partial charge on any atom is -0.354 e. The van der Waals surface area contributed by atoms with Gasteiger partial charge in [0, 0.05) is 38.2 Å². The Morgan fingerprint density at radius 3 is 2.67 bits per heavy atom. The summed E-state index contributed by atoms with van der Waals surface area (Å²) in [7, 11) is 1.65. The highest BCUT2D eigenvalue weighted by Gasteiger charge is 2.29. The van der Waals surface area contributed by atoms with Gasteiger partial charge in [-0.3, -0.25) is 9.59 Å². The highest BCUT2D eigenvalue weighted by atomic mass is 16.1. The molecule has 1 saturated heterocycles. The van der Waals surface area contributed by atoms with E-state index in [0.717, 1.165) is 55.8 Å². The molecule has 0 atom stereocenters. The number of fused-ring (bicyclic) bond motifs is 1. The Labute approximate surface area is 139 Å². The Bertz CT molecular complexity index is 879. The molecule has 0 unspecified atom stereocenters. The van der Waals surface area contributed by atoms with E-state index in [4.69, 9.17) is 0 Å². The summed E-state index contributed by atoms with van der Waals surface area (Å²) in [4.78, 5) is 25.8. The van der Waals surface area contributed by atoms with E-state index in [2.05, 4.69) is 15.1 Å². The van der Waals surface area contributed by atoms with Crippen molar-refractivity contribution in [2.24, 2.45) is 13.0 Å². The van der Waals surface area contributed by atoms with Crippen molar-refractivity contribution in [2.75, 3.05) is 18.0 Å². The Hall–Kier alpha value is -2.44. The zero-order chi connectivity index (χ0) is 16.7. The maximum absolute atomic E-state index is 12.2. The van der Waals surface area contributed by atoms with Crippen LogP contribution >= 0.6 is 0 Å². The van der Waals surface area contributed by atoms with E-state index in [1.165, 1.54) is 10.7 Å². The maximum atomic E-state index is 12.2. The summed E-state index contributed by atoms with van der Waals surface area (Å²) >= 11 is 0. The molecule has 0 amide bonds. The third-order valence-corrected chi connectivity index (χ3v) is 4.93. The lowest BCUT2D eigenvalue weighted by atomic mass is 9.96. The molecule has 1 aliphatic carbocycles. The SMILES string of the molecule is Cn1nc(N2CC(Cn3nc4c(cc3=O)CCCC4)C2)ccc1=O. The van der Waals surface area contributed by atoms with Crippen molar-refractivity contribution < 1.29 is 0 Å². The van der Waals surface area contributed by atoms with Crippen molar-refractivity contribution in [2.45, 2.75) is 32.2 Å². The number of rotatable bonds is 3. The predicted molar refractivity (Wildman–Crippen MR) is 90.3 cm³/mol. The molecule has 0 N–H and O–H groups in total. The van der Waals surface area contributed by atoms with Crippen LogP contribution in [-0.4, -0.2) is 32.7 Å². The standard InChI is InChI=1S/C17H21N5O2/c1-20-16(23)7-6-15(19-20)21-9-12(10-21)11-22-17(24)8-13-4-2-3-5-14(13)18-22/h6-8,12H,2-5,9-11H2,1H3. The zero-order valence-corrected chi connectivity index (χ0v) is 13.8. The summed E-state index contributed by atoms with van der Waals surface area (Å²) in [6.45, 7) is 2.31. The molecular formula is C17H21N5O2. The minimum absolute atomic E-state index is 0.00864. The molecule has 126 valence electrons. The van der Waals surface area contributed by atoms with Crippen LogP contribution in [0.15, 0.2) is 27.8 Å². The zero-order valence-electron chi connectivity index (χ0n) is 13.8. The monoisotopic (exact) mass is 327 g/mol. The Morgan fingerprint density at radius 2 is 1.88 bits per heavy atom. The fraction of sp³-hybridized carbons (Fsp3) is 0.529. The van der Waals surface area contributed by atoms with Crippen molar-refractivity contribution in [3.05, 3.63) is 50.2 Å². The van der Waals surface area contributed by atoms with E-state index in [-0.39, 0.29) is 11.1 Å². The number of hydrogen-bond acceptors (Lipinski definition) is 5. The Kier molecular flexibility index (Phi) is 3.70. The molecule has 0 aromatic carbocycles. The molecule has 0 bridgehead atoms. The first kappa shape index (κ1) is 15.1. The summed E-state index contributed by atoms with van der Waals surface area (Å²) in [5.74, 6) is 1.19. The quantitative estimate of drug-likeness (QED) is 0.813. The second-order valence-corrected chi connectivity index (χ2v) is 6.77. The van der Waals surface area contributed by atoms with E-state index in [1.807, 2.05) is 0 Å². The second-order valence-electron chi connectivity index (χ2n) is 6.77. The molecule has 1 fully saturated rings. The first-order valence-electron chi connectivity index (χ1n) is 8.49. The first-order chi connectivity index (χ1) is 11.6.